The zero-order valence-electron chi connectivity index (χ0n) is 12.5. The largest absolute Gasteiger partial charge is 0.336 e. The Morgan fingerprint density at radius 1 is 1.18 bits per heavy atom. The van der Waals surface area contributed by atoms with Gasteiger partial charge in [-0.2, -0.15) is 5.10 Å². The molecule has 1 aliphatic rings. The van der Waals surface area contributed by atoms with E-state index in [4.69, 9.17) is 0 Å². The minimum atomic E-state index is -0.358. The van der Waals surface area contributed by atoms with Gasteiger partial charge in [0.15, 0.2) is 0 Å². The van der Waals surface area contributed by atoms with Crippen LogP contribution in [0.25, 0.3) is 11.3 Å². The van der Waals surface area contributed by atoms with E-state index in [1.54, 1.807) is 18.0 Å². The van der Waals surface area contributed by atoms with Crippen molar-refractivity contribution in [1.82, 2.24) is 20.0 Å². The van der Waals surface area contributed by atoms with Crippen molar-refractivity contribution in [2.45, 2.75) is 0 Å². The van der Waals surface area contributed by atoms with Gasteiger partial charge in [-0.1, -0.05) is 30.3 Å². The number of aryl methyl sites for hydroxylation is 1. The number of rotatable bonds is 2. The van der Waals surface area contributed by atoms with Crippen LogP contribution in [0.4, 0.5) is 0 Å². The van der Waals surface area contributed by atoms with Gasteiger partial charge < -0.3 is 10.2 Å². The van der Waals surface area contributed by atoms with Crippen molar-refractivity contribution in [3.05, 3.63) is 52.3 Å². The Hall–Kier alpha value is -2.47. The van der Waals surface area contributed by atoms with E-state index in [1.165, 1.54) is 4.68 Å². The first kappa shape index (κ1) is 14.5. The third-order valence-electron chi connectivity index (χ3n) is 3.77. The van der Waals surface area contributed by atoms with Crippen LogP contribution in [0, 0.1) is 0 Å². The zero-order valence-corrected chi connectivity index (χ0v) is 12.5. The van der Waals surface area contributed by atoms with Crippen LogP contribution >= 0.6 is 0 Å². The smallest absolute Gasteiger partial charge is 0.279 e. The molecular formula is C16H18N4O2. The molecule has 1 aromatic heterocycles. The maximum Gasteiger partial charge on any atom is 0.279 e. The standard InChI is InChI=1S/C16H18N4O2/c1-19-15(21)13(16(22)20-9-7-17-8-10-20)11-14(18-19)12-5-3-2-4-6-12/h2-6,11,17H,7-10H2,1H3. The van der Waals surface area contributed by atoms with E-state index in [2.05, 4.69) is 10.4 Å². The highest BCUT2D eigenvalue weighted by molar-refractivity contribution is 5.94. The van der Waals surface area contributed by atoms with Gasteiger partial charge >= 0.3 is 0 Å². The summed E-state index contributed by atoms with van der Waals surface area (Å²) in [6, 6.07) is 11.1. The fraction of sp³-hybridized carbons (Fsp3) is 0.312. The number of hydrogen-bond acceptors (Lipinski definition) is 4. The van der Waals surface area contributed by atoms with Gasteiger partial charge in [0.25, 0.3) is 11.5 Å². The second-order valence-electron chi connectivity index (χ2n) is 5.28. The predicted octanol–water partition coefficient (Wildman–Crippen LogP) is 0.493. The van der Waals surface area contributed by atoms with Crippen molar-refractivity contribution in [3.8, 4) is 11.3 Å². The van der Waals surface area contributed by atoms with E-state index in [1.807, 2.05) is 30.3 Å². The molecule has 6 heteroatoms. The summed E-state index contributed by atoms with van der Waals surface area (Å²) in [7, 11) is 1.57. The Morgan fingerprint density at radius 2 is 1.86 bits per heavy atom. The van der Waals surface area contributed by atoms with E-state index < -0.39 is 0 Å². The minimum absolute atomic E-state index is 0.179. The molecule has 1 fully saturated rings. The fourth-order valence-corrected chi connectivity index (χ4v) is 2.55. The van der Waals surface area contributed by atoms with Crippen LogP contribution in [-0.2, 0) is 7.05 Å². The third kappa shape index (κ3) is 2.78. The first-order chi connectivity index (χ1) is 10.7. The summed E-state index contributed by atoms with van der Waals surface area (Å²) >= 11 is 0. The number of carbonyl (C=O) groups excluding carboxylic acids is 1. The van der Waals surface area contributed by atoms with Crippen LogP contribution < -0.4 is 10.9 Å². The number of nitrogens with one attached hydrogen (secondary N) is 1. The molecule has 114 valence electrons. The van der Waals surface area contributed by atoms with Crippen LogP contribution in [-0.4, -0.2) is 46.8 Å². The molecule has 0 radical (unpaired) electrons. The van der Waals surface area contributed by atoms with Gasteiger partial charge in [-0.3, -0.25) is 9.59 Å². The first-order valence-corrected chi connectivity index (χ1v) is 7.30. The number of benzene rings is 1. The number of nitrogens with zero attached hydrogens (tertiary/aromatic N) is 3. The maximum absolute atomic E-state index is 12.6. The Kier molecular flexibility index (Phi) is 4.02. The lowest BCUT2D eigenvalue weighted by molar-refractivity contribution is 0.0733. The fourth-order valence-electron chi connectivity index (χ4n) is 2.55. The first-order valence-electron chi connectivity index (χ1n) is 7.30. The summed E-state index contributed by atoms with van der Waals surface area (Å²) in [4.78, 5) is 26.6. The number of aromatic nitrogens is 2. The average Bonchev–Trinajstić information content (AvgIpc) is 2.58. The molecule has 22 heavy (non-hydrogen) atoms. The highest BCUT2D eigenvalue weighted by Gasteiger charge is 2.22. The van der Waals surface area contributed by atoms with Gasteiger partial charge in [0.1, 0.15) is 5.56 Å². The van der Waals surface area contributed by atoms with Crippen LogP contribution in [0.1, 0.15) is 10.4 Å². The predicted molar refractivity (Wildman–Crippen MR) is 83.7 cm³/mol. The van der Waals surface area contributed by atoms with Crippen molar-refractivity contribution < 1.29 is 4.79 Å². The molecule has 6 nitrogen and oxygen atoms in total. The van der Waals surface area contributed by atoms with Crippen LogP contribution in [0.2, 0.25) is 0 Å². The van der Waals surface area contributed by atoms with Gasteiger partial charge in [0.05, 0.1) is 5.69 Å². The molecule has 0 saturated carbocycles. The van der Waals surface area contributed by atoms with Crippen molar-refractivity contribution >= 4 is 5.91 Å². The van der Waals surface area contributed by atoms with Gasteiger partial charge in [0, 0.05) is 38.8 Å². The van der Waals surface area contributed by atoms with Crippen LogP contribution in [0.3, 0.4) is 0 Å². The molecule has 0 aliphatic carbocycles. The summed E-state index contributed by atoms with van der Waals surface area (Å²) in [6.45, 7) is 2.74. The summed E-state index contributed by atoms with van der Waals surface area (Å²) in [6.07, 6.45) is 0. The summed E-state index contributed by atoms with van der Waals surface area (Å²) in [5, 5.41) is 7.45. The molecule has 1 N–H and O–H groups in total. The highest BCUT2D eigenvalue weighted by atomic mass is 16.2. The molecule has 1 aliphatic heterocycles. The lowest BCUT2D eigenvalue weighted by Crippen LogP contribution is -2.48. The Labute approximate surface area is 128 Å². The van der Waals surface area contributed by atoms with E-state index in [9.17, 15) is 9.59 Å². The highest BCUT2D eigenvalue weighted by Crippen LogP contribution is 2.16. The van der Waals surface area contributed by atoms with Crippen molar-refractivity contribution in [3.63, 3.8) is 0 Å². The monoisotopic (exact) mass is 298 g/mol. The summed E-state index contributed by atoms with van der Waals surface area (Å²) in [5.41, 5.74) is 1.33. The van der Waals surface area contributed by atoms with E-state index in [0.29, 0.717) is 18.8 Å². The van der Waals surface area contributed by atoms with Crippen LogP contribution in [0.15, 0.2) is 41.2 Å². The van der Waals surface area contributed by atoms with E-state index >= 15 is 0 Å². The van der Waals surface area contributed by atoms with Gasteiger partial charge in [-0.15, -0.1) is 0 Å². The van der Waals surface area contributed by atoms with Gasteiger partial charge in [-0.25, -0.2) is 4.68 Å². The normalized spacial score (nSPS) is 14.9. The molecule has 3 rings (SSSR count). The van der Waals surface area contributed by atoms with Crippen LogP contribution in [0.5, 0.6) is 0 Å². The molecule has 0 bridgehead atoms. The molecule has 0 atom stereocenters. The Balaban J connectivity index is 2.02. The molecule has 1 aromatic carbocycles. The molecule has 1 amide bonds. The maximum atomic E-state index is 12.6. The molecule has 2 aromatic rings. The number of piperazine rings is 1. The Bertz CT molecular complexity index is 734. The van der Waals surface area contributed by atoms with Crippen molar-refractivity contribution in [1.29, 1.82) is 0 Å². The Morgan fingerprint density at radius 3 is 2.55 bits per heavy atom. The number of carbonyl (C=O) groups is 1. The SMILES string of the molecule is Cn1nc(-c2ccccc2)cc(C(=O)N2CCNCC2)c1=O. The van der Waals surface area contributed by atoms with Gasteiger partial charge in [-0.05, 0) is 6.07 Å². The molecular weight excluding hydrogens is 280 g/mol. The second-order valence-corrected chi connectivity index (χ2v) is 5.28. The zero-order chi connectivity index (χ0) is 15.5. The third-order valence-corrected chi connectivity index (χ3v) is 3.77. The quantitative estimate of drug-likeness (QED) is 0.876. The molecule has 2 heterocycles. The molecule has 1 saturated heterocycles. The average molecular weight is 298 g/mol. The lowest BCUT2D eigenvalue weighted by Gasteiger charge is -2.27. The minimum Gasteiger partial charge on any atom is -0.336 e. The molecule has 0 unspecified atom stereocenters. The lowest BCUT2D eigenvalue weighted by atomic mass is 10.1. The van der Waals surface area contributed by atoms with Crippen molar-refractivity contribution in [2.75, 3.05) is 26.2 Å². The van der Waals surface area contributed by atoms with E-state index in [-0.39, 0.29) is 17.0 Å². The number of hydrogen-bond donors (Lipinski definition) is 1. The topological polar surface area (TPSA) is 67.2 Å². The van der Waals surface area contributed by atoms with Crippen molar-refractivity contribution in [2.24, 2.45) is 7.05 Å². The summed E-state index contributed by atoms with van der Waals surface area (Å²) < 4.78 is 1.23. The van der Waals surface area contributed by atoms with E-state index in [0.717, 1.165) is 18.7 Å². The number of amides is 1. The molecule has 0 spiro atoms. The second kappa shape index (κ2) is 6.11. The van der Waals surface area contributed by atoms with Gasteiger partial charge in [0.2, 0.25) is 0 Å². The summed E-state index contributed by atoms with van der Waals surface area (Å²) in [5.74, 6) is -0.221.